The Labute approximate surface area is 159 Å². The van der Waals surface area contributed by atoms with Gasteiger partial charge in [-0.1, -0.05) is 13.3 Å². The summed E-state index contributed by atoms with van der Waals surface area (Å²) in [6.45, 7) is 10.4. The molecule has 0 aromatic heterocycles. The zero-order valence-corrected chi connectivity index (χ0v) is 17.6. The van der Waals surface area contributed by atoms with Crippen LogP contribution in [0.25, 0.3) is 0 Å². The van der Waals surface area contributed by atoms with Crippen LogP contribution in [-0.2, 0) is 0 Å². The Balaban J connectivity index is 0.00000192. The lowest BCUT2D eigenvalue weighted by atomic mass is 9.65. The molecule has 0 spiro atoms. The van der Waals surface area contributed by atoms with Gasteiger partial charge in [-0.2, -0.15) is 0 Å². The van der Waals surface area contributed by atoms with Gasteiger partial charge in [-0.15, -0.1) is 24.0 Å². The Hall–Kier alpha value is -0.0400. The molecular formula is C18H35IN4. The Morgan fingerprint density at radius 3 is 2.39 bits per heavy atom. The highest BCUT2D eigenvalue weighted by Crippen LogP contribution is 2.56. The second-order valence-electron chi connectivity index (χ2n) is 8.19. The van der Waals surface area contributed by atoms with Gasteiger partial charge in [0.1, 0.15) is 0 Å². The molecule has 0 radical (unpaired) electrons. The van der Waals surface area contributed by atoms with E-state index in [1.807, 2.05) is 7.05 Å². The van der Waals surface area contributed by atoms with Crippen LogP contribution < -0.4 is 10.6 Å². The molecule has 3 rings (SSSR count). The number of hydrogen-bond donors (Lipinski definition) is 2. The number of guanidine groups is 1. The molecule has 23 heavy (non-hydrogen) atoms. The molecule has 0 amide bonds. The molecule has 4 nitrogen and oxygen atoms in total. The van der Waals surface area contributed by atoms with Crippen LogP contribution in [0, 0.1) is 17.3 Å². The van der Waals surface area contributed by atoms with Gasteiger partial charge in [0.15, 0.2) is 5.96 Å². The van der Waals surface area contributed by atoms with Crippen LogP contribution in [-0.4, -0.2) is 49.6 Å². The molecule has 1 aliphatic heterocycles. The van der Waals surface area contributed by atoms with Crippen molar-refractivity contribution in [1.82, 2.24) is 15.5 Å². The molecule has 0 bridgehead atoms. The molecule has 0 aromatic carbocycles. The van der Waals surface area contributed by atoms with E-state index < -0.39 is 0 Å². The van der Waals surface area contributed by atoms with Crippen molar-refractivity contribution in [2.75, 3.05) is 26.7 Å². The van der Waals surface area contributed by atoms with Crippen molar-refractivity contribution in [3.05, 3.63) is 0 Å². The van der Waals surface area contributed by atoms with Crippen molar-refractivity contribution in [3.63, 3.8) is 0 Å². The minimum Gasteiger partial charge on any atom is -0.356 e. The van der Waals surface area contributed by atoms with Crippen molar-refractivity contribution >= 4 is 29.9 Å². The predicted octanol–water partition coefficient (Wildman–Crippen LogP) is 3.08. The van der Waals surface area contributed by atoms with Gasteiger partial charge >= 0.3 is 0 Å². The minimum atomic E-state index is 0. The molecule has 2 aliphatic carbocycles. The Morgan fingerprint density at radius 2 is 1.96 bits per heavy atom. The number of nitrogens with zero attached hydrogens (tertiary/aromatic N) is 2. The smallest absolute Gasteiger partial charge is 0.191 e. The van der Waals surface area contributed by atoms with E-state index in [0.29, 0.717) is 23.4 Å². The SMILES string of the molecule is CN=C(NCC1(C2CC2)CCC1)NC1CN(C(C)C)CC1C.I. The monoisotopic (exact) mass is 434 g/mol. The van der Waals surface area contributed by atoms with Gasteiger partial charge in [0.05, 0.1) is 0 Å². The summed E-state index contributed by atoms with van der Waals surface area (Å²) in [7, 11) is 1.90. The minimum absolute atomic E-state index is 0. The van der Waals surface area contributed by atoms with Crippen LogP contribution in [0.2, 0.25) is 0 Å². The summed E-state index contributed by atoms with van der Waals surface area (Å²) in [6, 6.07) is 1.16. The zero-order valence-electron chi connectivity index (χ0n) is 15.3. The zero-order chi connectivity index (χ0) is 15.7. The highest BCUT2D eigenvalue weighted by molar-refractivity contribution is 14.0. The van der Waals surface area contributed by atoms with Crippen LogP contribution in [0.1, 0.15) is 52.9 Å². The molecule has 134 valence electrons. The quantitative estimate of drug-likeness (QED) is 0.397. The second-order valence-corrected chi connectivity index (χ2v) is 8.19. The average molecular weight is 434 g/mol. The first-order chi connectivity index (χ1) is 10.5. The summed E-state index contributed by atoms with van der Waals surface area (Å²) >= 11 is 0. The molecule has 3 fully saturated rings. The first kappa shape index (κ1) is 19.3. The van der Waals surface area contributed by atoms with E-state index in [1.54, 1.807) is 0 Å². The predicted molar refractivity (Wildman–Crippen MR) is 109 cm³/mol. The summed E-state index contributed by atoms with van der Waals surface area (Å²) in [5.41, 5.74) is 0.600. The van der Waals surface area contributed by atoms with E-state index >= 15 is 0 Å². The fourth-order valence-corrected chi connectivity index (χ4v) is 4.30. The molecule has 3 aliphatic rings. The van der Waals surface area contributed by atoms with E-state index in [0.717, 1.165) is 25.0 Å². The van der Waals surface area contributed by atoms with Gasteiger partial charge in [0.25, 0.3) is 0 Å². The maximum absolute atomic E-state index is 4.47. The van der Waals surface area contributed by atoms with E-state index in [1.165, 1.54) is 38.6 Å². The van der Waals surface area contributed by atoms with Crippen molar-refractivity contribution in [2.45, 2.75) is 65.0 Å². The first-order valence-electron chi connectivity index (χ1n) is 9.25. The standard InChI is InChI=1S/C18H34N4.HI/c1-13(2)22-10-14(3)16(11-22)21-17(19-4)20-12-18(8-5-9-18)15-6-7-15;/h13-16H,5-12H2,1-4H3,(H2,19,20,21);1H. The number of hydrogen-bond acceptors (Lipinski definition) is 2. The molecule has 5 heteroatoms. The molecular weight excluding hydrogens is 399 g/mol. The third-order valence-electron chi connectivity index (χ3n) is 6.32. The first-order valence-corrected chi connectivity index (χ1v) is 9.25. The van der Waals surface area contributed by atoms with Crippen molar-refractivity contribution in [3.8, 4) is 0 Å². The van der Waals surface area contributed by atoms with Crippen LogP contribution in [0.3, 0.4) is 0 Å². The number of aliphatic imine (C=N–C) groups is 1. The van der Waals surface area contributed by atoms with Gasteiger partial charge in [-0.25, -0.2) is 0 Å². The lowest BCUT2D eigenvalue weighted by molar-refractivity contribution is 0.105. The van der Waals surface area contributed by atoms with E-state index in [-0.39, 0.29) is 24.0 Å². The van der Waals surface area contributed by atoms with Gasteiger partial charge in [0.2, 0.25) is 0 Å². The van der Waals surface area contributed by atoms with Gasteiger partial charge in [-0.05, 0) is 56.8 Å². The summed E-state index contributed by atoms with van der Waals surface area (Å²) in [4.78, 5) is 7.04. The third kappa shape index (κ3) is 4.33. The highest BCUT2D eigenvalue weighted by Gasteiger charge is 2.48. The van der Waals surface area contributed by atoms with Crippen LogP contribution in [0.5, 0.6) is 0 Å². The van der Waals surface area contributed by atoms with Crippen LogP contribution in [0.15, 0.2) is 4.99 Å². The maximum Gasteiger partial charge on any atom is 0.191 e. The van der Waals surface area contributed by atoms with Gasteiger partial charge in [0, 0.05) is 38.8 Å². The summed E-state index contributed by atoms with van der Waals surface area (Å²) in [6.07, 6.45) is 7.17. The van der Waals surface area contributed by atoms with Crippen molar-refractivity contribution in [2.24, 2.45) is 22.2 Å². The Kier molecular flexibility index (Phi) is 6.62. The average Bonchev–Trinajstić information content (AvgIpc) is 3.21. The molecule has 0 aromatic rings. The van der Waals surface area contributed by atoms with Crippen molar-refractivity contribution in [1.29, 1.82) is 0 Å². The normalized spacial score (nSPS) is 30.7. The topological polar surface area (TPSA) is 39.7 Å². The van der Waals surface area contributed by atoms with Crippen molar-refractivity contribution < 1.29 is 0 Å². The lowest BCUT2D eigenvalue weighted by Gasteiger charge is -2.43. The number of likely N-dealkylation sites (tertiary alicyclic amines) is 1. The third-order valence-corrected chi connectivity index (χ3v) is 6.32. The molecule has 2 unspecified atom stereocenters. The van der Waals surface area contributed by atoms with Crippen LogP contribution >= 0.6 is 24.0 Å². The molecule has 2 saturated carbocycles. The second kappa shape index (κ2) is 7.89. The van der Waals surface area contributed by atoms with Crippen LogP contribution in [0.4, 0.5) is 0 Å². The number of nitrogens with one attached hydrogen (secondary N) is 2. The molecule has 2 atom stereocenters. The van der Waals surface area contributed by atoms with Gasteiger partial charge in [-0.3, -0.25) is 9.89 Å². The lowest BCUT2D eigenvalue weighted by Crippen LogP contribution is -2.51. The van der Waals surface area contributed by atoms with Gasteiger partial charge < -0.3 is 10.6 Å². The molecule has 2 N–H and O–H groups in total. The largest absolute Gasteiger partial charge is 0.356 e. The van der Waals surface area contributed by atoms with E-state index in [9.17, 15) is 0 Å². The fourth-order valence-electron chi connectivity index (χ4n) is 4.30. The Bertz CT molecular complexity index is 415. The Morgan fingerprint density at radius 1 is 1.26 bits per heavy atom. The number of rotatable bonds is 5. The molecule has 1 saturated heterocycles. The van der Waals surface area contributed by atoms with E-state index in [4.69, 9.17) is 0 Å². The summed E-state index contributed by atoms with van der Waals surface area (Å²) in [5.74, 6) is 2.69. The molecule has 1 heterocycles. The fraction of sp³-hybridized carbons (Fsp3) is 0.944. The summed E-state index contributed by atoms with van der Waals surface area (Å²) in [5, 5.41) is 7.32. The maximum atomic E-state index is 4.47. The van der Waals surface area contributed by atoms with E-state index in [2.05, 4.69) is 41.3 Å². The number of halogens is 1. The summed E-state index contributed by atoms with van der Waals surface area (Å²) < 4.78 is 0. The highest BCUT2D eigenvalue weighted by atomic mass is 127.